The molecular weight excluding hydrogens is 416 g/mol. The van der Waals surface area contributed by atoms with Gasteiger partial charge in [0, 0.05) is 29.2 Å². The first-order valence-electron chi connectivity index (χ1n) is 10.3. The number of amides is 1. The summed E-state index contributed by atoms with van der Waals surface area (Å²) in [6, 6.07) is 24.5. The van der Waals surface area contributed by atoms with Crippen molar-refractivity contribution in [1.29, 1.82) is 0 Å². The van der Waals surface area contributed by atoms with Crippen LogP contribution in [0.4, 0.5) is 11.4 Å². The Morgan fingerprint density at radius 2 is 1.33 bits per heavy atom. The third kappa shape index (κ3) is 8.22. The fraction of sp³-hybridized carbons (Fsp3) is 0.0370. The summed E-state index contributed by atoms with van der Waals surface area (Å²) in [5.74, 6) is -0.798. The van der Waals surface area contributed by atoms with Gasteiger partial charge in [0.1, 0.15) is 11.5 Å². The Morgan fingerprint density at radius 1 is 0.758 bits per heavy atom. The minimum atomic E-state index is -0.429. The molecule has 0 aliphatic heterocycles. The smallest absolute Gasteiger partial charge is 0.232 e. The molecule has 166 valence electrons. The molecule has 0 unspecified atom stereocenters. The van der Waals surface area contributed by atoms with Crippen molar-refractivity contribution in [3.63, 3.8) is 0 Å². The topological polar surface area (TPSA) is 98.7 Å². The van der Waals surface area contributed by atoms with E-state index in [1.165, 1.54) is 18.2 Å². The van der Waals surface area contributed by atoms with Crippen molar-refractivity contribution in [2.45, 2.75) is 6.42 Å². The minimum Gasteiger partial charge on any atom is -0.508 e. The number of aliphatic hydroxyl groups is 1. The zero-order chi connectivity index (χ0) is 23.5. The molecule has 6 heteroatoms. The van der Waals surface area contributed by atoms with Crippen molar-refractivity contribution in [3.05, 3.63) is 120 Å². The number of carbonyl (C=O) groups excluding carboxylic acids is 2. The molecule has 0 saturated carbocycles. The lowest BCUT2D eigenvalue weighted by atomic mass is 10.1. The van der Waals surface area contributed by atoms with Gasteiger partial charge in [0.25, 0.3) is 0 Å². The number of aliphatic hydroxyl groups excluding tert-OH is 1. The lowest BCUT2D eigenvalue weighted by Gasteiger charge is -2.08. The van der Waals surface area contributed by atoms with Crippen LogP contribution in [0.3, 0.4) is 0 Å². The first-order valence-corrected chi connectivity index (χ1v) is 10.3. The van der Waals surface area contributed by atoms with E-state index in [4.69, 9.17) is 0 Å². The summed E-state index contributed by atoms with van der Waals surface area (Å²) in [6.45, 7) is 0. The van der Waals surface area contributed by atoms with Crippen LogP contribution in [-0.2, 0) is 9.59 Å². The molecule has 0 bridgehead atoms. The average molecular weight is 440 g/mol. The number of anilines is 2. The Morgan fingerprint density at radius 3 is 1.94 bits per heavy atom. The normalized spacial score (nSPS) is 11.9. The van der Waals surface area contributed by atoms with Crippen molar-refractivity contribution in [3.8, 4) is 5.75 Å². The summed E-state index contributed by atoms with van der Waals surface area (Å²) in [4.78, 5) is 24.7. The van der Waals surface area contributed by atoms with Gasteiger partial charge in [-0.25, -0.2) is 0 Å². The number of phenolic OH excluding ortho intramolecular Hbond substituents is 1. The number of benzene rings is 3. The van der Waals surface area contributed by atoms with Gasteiger partial charge >= 0.3 is 0 Å². The van der Waals surface area contributed by atoms with E-state index in [0.717, 1.165) is 11.3 Å². The maximum atomic E-state index is 12.5. The number of hydrogen-bond acceptors (Lipinski definition) is 5. The minimum absolute atomic E-state index is 0.0979. The zero-order valence-corrected chi connectivity index (χ0v) is 17.8. The third-order valence-corrected chi connectivity index (χ3v) is 4.41. The SMILES string of the molecule is O=C(/C=C(/C=C(O)/C=C/c1ccc(O)cc1)Nc1ccccc1)CC(=O)Nc1ccccc1. The van der Waals surface area contributed by atoms with Crippen LogP contribution in [0.1, 0.15) is 12.0 Å². The average Bonchev–Trinajstić information content (AvgIpc) is 2.80. The number of aromatic hydroxyl groups is 1. The number of phenols is 1. The number of nitrogens with one attached hydrogen (secondary N) is 2. The Balaban J connectivity index is 1.74. The second kappa shape index (κ2) is 11.7. The fourth-order valence-corrected chi connectivity index (χ4v) is 2.89. The van der Waals surface area contributed by atoms with Crippen LogP contribution in [0.15, 0.2) is 115 Å². The number of allylic oxidation sites excluding steroid dienone is 3. The van der Waals surface area contributed by atoms with E-state index in [0.29, 0.717) is 11.4 Å². The Bertz CT molecular complexity index is 1170. The molecule has 4 N–H and O–H groups in total. The Hall–Kier alpha value is -4.58. The van der Waals surface area contributed by atoms with Crippen LogP contribution in [-0.4, -0.2) is 21.9 Å². The largest absolute Gasteiger partial charge is 0.508 e. The molecule has 0 atom stereocenters. The second-order valence-corrected chi connectivity index (χ2v) is 7.14. The summed E-state index contributed by atoms with van der Waals surface area (Å²) < 4.78 is 0. The maximum Gasteiger partial charge on any atom is 0.232 e. The Labute approximate surface area is 192 Å². The number of ketones is 1. The Kier molecular flexibility index (Phi) is 8.20. The van der Waals surface area contributed by atoms with Crippen molar-refractivity contribution in [1.82, 2.24) is 0 Å². The maximum absolute atomic E-state index is 12.5. The van der Waals surface area contributed by atoms with Gasteiger partial charge in [-0.2, -0.15) is 0 Å². The van der Waals surface area contributed by atoms with Gasteiger partial charge in [0.05, 0.1) is 6.42 Å². The van der Waals surface area contributed by atoms with E-state index in [1.54, 1.807) is 54.6 Å². The van der Waals surface area contributed by atoms with Gasteiger partial charge < -0.3 is 20.8 Å². The first-order chi connectivity index (χ1) is 16.0. The van der Waals surface area contributed by atoms with Crippen molar-refractivity contribution < 1.29 is 19.8 Å². The molecule has 0 aromatic heterocycles. The van der Waals surface area contributed by atoms with E-state index >= 15 is 0 Å². The van der Waals surface area contributed by atoms with Gasteiger partial charge in [-0.15, -0.1) is 0 Å². The number of hydrogen-bond donors (Lipinski definition) is 4. The molecule has 0 aliphatic carbocycles. The van der Waals surface area contributed by atoms with E-state index in [2.05, 4.69) is 10.6 Å². The van der Waals surface area contributed by atoms with Crippen LogP contribution in [0.25, 0.3) is 6.08 Å². The van der Waals surface area contributed by atoms with E-state index in [1.807, 2.05) is 36.4 Å². The van der Waals surface area contributed by atoms with Crippen molar-refractivity contribution in [2.75, 3.05) is 10.6 Å². The summed E-state index contributed by atoms with van der Waals surface area (Å²) in [5.41, 5.74) is 2.44. The highest BCUT2D eigenvalue weighted by Gasteiger charge is 2.09. The monoisotopic (exact) mass is 440 g/mol. The molecule has 0 radical (unpaired) electrons. The molecule has 3 aromatic rings. The third-order valence-electron chi connectivity index (χ3n) is 4.41. The molecule has 3 rings (SSSR count). The molecule has 3 aromatic carbocycles. The van der Waals surface area contributed by atoms with Gasteiger partial charge in [0.2, 0.25) is 5.91 Å². The predicted molar refractivity (Wildman–Crippen MR) is 131 cm³/mol. The van der Waals surface area contributed by atoms with Gasteiger partial charge in [0.15, 0.2) is 5.78 Å². The summed E-state index contributed by atoms with van der Waals surface area (Å²) >= 11 is 0. The van der Waals surface area contributed by atoms with Crippen LogP contribution in [0.5, 0.6) is 5.75 Å². The second-order valence-electron chi connectivity index (χ2n) is 7.14. The lowest BCUT2D eigenvalue weighted by Crippen LogP contribution is -2.16. The molecule has 0 spiro atoms. The highest BCUT2D eigenvalue weighted by Crippen LogP contribution is 2.14. The van der Waals surface area contributed by atoms with E-state index < -0.39 is 11.7 Å². The molecule has 33 heavy (non-hydrogen) atoms. The molecule has 6 nitrogen and oxygen atoms in total. The lowest BCUT2D eigenvalue weighted by molar-refractivity contribution is -0.122. The standard InChI is InChI=1S/C27H24N2O4/c30-24-14-11-20(12-15-24)13-16-25(31)17-23(28-21-7-3-1-4-8-21)18-26(32)19-27(33)29-22-9-5-2-6-10-22/h1-18,28,30-31H,19H2,(H,29,33)/b16-13+,23-18-,25-17-. The molecule has 0 aliphatic rings. The van der Waals surface area contributed by atoms with Crippen LogP contribution in [0, 0.1) is 0 Å². The quantitative estimate of drug-likeness (QED) is 0.154. The summed E-state index contributed by atoms with van der Waals surface area (Å²) in [7, 11) is 0. The van der Waals surface area contributed by atoms with Crippen LogP contribution in [0.2, 0.25) is 0 Å². The molecular formula is C27H24N2O4. The molecule has 0 fully saturated rings. The summed E-state index contributed by atoms with van der Waals surface area (Å²) in [5, 5.41) is 25.5. The van der Waals surface area contributed by atoms with Gasteiger partial charge in [-0.05, 0) is 48.0 Å². The van der Waals surface area contributed by atoms with Gasteiger partial charge in [-0.1, -0.05) is 54.6 Å². The number of para-hydroxylation sites is 2. The molecule has 1 amide bonds. The van der Waals surface area contributed by atoms with Gasteiger partial charge in [-0.3, -0.25) is 9.59 Å². The van der Waals surface area contributed by atoms with E-state index in [9.17, 15) is 19.8 Å². The predicted octanol–water partition coefficient (Wildman–Crippen LogP) is 5.44. The van der Waals surface area contributed by atoms with Crippen molar-refractivity contribution in [2.24, 2.45) is 0 Å². The number of carbonyl (C=O) groups is 2. The fourth-order valence-electron chi connectivity index (χ4n) is 2.89. The summed E-state index contributed by atoms with van der Waals surface area (Å²) in [6.07, 6.45) is 5.48. The highest BCUT2D eigenvalue weighted by molar-refractivity contribution is 6.08. The molecule has 0 saturated heterocycles. The van der Waals surface area contributed by atoms with Crippen LogP contribution < -0.4 is 10.6 Å². The van der Waals surface area contributed by atoms with Crippen LogP contribution >= 0.6 is 0 Å². The highest BCUT2D eigenvalue weighted by atomic mass is 16.3. The first kappa shape index (κ1) is 23.1. The van der Waals surface area contributed by atoms with E-state index in [-0.39, 0.29) is 17.9 Å². The zero-order valence-electron chi connectivity index (χ0n) is 17.8. The van der Waals surface area contributed by atoms with Crippen molar-refractivity contribution >= 4 is 29.1 Å². The number of rotatable bonds is 9. The molecule has 0 heterocycles.